The first-order chi connectivity index (χ1) is 7.91. The van der Waals surface area contributed by atoms with E-state index in [1.54, 1.807) is 0 Å². The van der Waals surface area contributed by atoms with E-state index in [1.165, 1.54) is 16.7 Å². The van der Waals surface area contributed by atoms with E-state index in [4.69, 9.17) is 0 Å². The molecule has 0 saturated carbocycles. The first-order valence-corrected chi connectivity index (χ1v) is 6.26. The normalized spacial score (nSPS) is 19.9. The molecule has 1 heterocycles. The van der Waals surface area contributed by atoms with Gasteiger partial charge in [0.1, 0.15) is 0 Å². The molecule has 1 aliphatic heterocycles. The van der Waals surface area contributed by atoms with E-state index < -0.39 is 0 Å². The standard InChI is InChI=1S/C15H21NO/c1-11-5-6-12(2)13(9-11)10-16-8-7-14(17)15(16,3)4/h5-6,9H,7-8,10H2,1-4H3. The van der Waals surface area contributed by atoms with Crippen LogP contribution in [0.3, 0.4) is 0 Å². The lowest BCUT2D eigenvalue weighted by molar-refractivity contribution is -0.123. The molecule has 92 valence electrons. The minimum absolute atomic E-state index is 0.295. The van der Waals surface area contributed by atoms with E-state index in [9.17, 15) is 4.79 Å². The van der Waals surface area contributed by atoms with Crippen LogP contribution in [0.15, 0.2) is 18.2 Å². The second kappa shape index (κ2) is 4.26. The lowest BCUT2D eigenvalue weighted by Gasteiger charge is -2.30. The van der Waals surface area contributed by atoms with Gasteiger partial charge >= 0.3 is 0 Å². The summed E-state index contributed by atoms with van der Waals surface area (Å²) in [5.41, 5.74) is 3.64. The van der Waals surface area contributed by atoms with Crippen LogP contribution in [-0.2, 0) is 11.3 Å². The summed E-state index contributed by atoms with van der Waals surface area (Å²) >= 11 is 0. The van der Waals surface area contributed by atoms with Crippen molar-refractivity contribution in [2.45, 2.75) is 46.2 Å². The molecule has 0 bridgehead atoms. The van der Waals surface area contributed by atoms with E-state index in [2.05, 4.69) is 36.9 Å². The third kappa shape index (κ3) is 2.27. The van der Waals surface area contributed by atoms with Crippen molar-refractivity contribution in [3.05, 3.63) is 34.9 Å². The molecule has 2 rings (SSSR count). The molecule has 0 atom stereocenters. The van der Waals surface area contributed by atoms with Crippen molar-refractivity contribution in [1.29, 1.82) is 0 Å². The zero-order valence-corrected chi connectivity index (χ0v) is 11.2. The summed E-state index contributed by atoms with van der Waals surface area (Å²) in [6.07, 6.45) is 0.692. The molecule has 0 N–H and O–H groups in total. The van der Waals surface area contributed by atoms with Crippen LogP contribution in [0.25, 0.3) is 0 Å². The van der Waals surface area contributed by atoms with Gasteiger partial charge < -0.3 is 0 Å². The maximum Gasteiger partial charge on any atom is 0.153 e. The fraction of sp³-hybridized carbons (Fsp3) is 0.533. The highest BCUT2D eigenvalue weighted by atomic mass is 16.1. The molecule has 0 unspecified atom stereocenters. The molecule has 1 aromatic rings. The Bertz CT molecular complexity index is 448. The Balaban J connectivity index is 2.22. The predicted octanol–water partition coefficient (Wildman–Crippen LogP) is 2.86. The second-order valence-corrected chi connectivity index (χ2v) is 5.58. The number of carbonyl (C=O) groups is 1. The molecule has 2 nitrogen and oxygen atoms in total. The van der Waals surface area contributed by atoms with E-state index >= 15 is 0 Å². The van der Waals surface area contributed by atoms with Gasteiger partial charge in [-0.2, -0.15) is 0 Å². The number of likely N-dealkylation sites (tertiary alicyclic amines) is 1. The number of ketones is 1. The Morgan fingerprint density at radius 1 is 1.29 bits per heavy atom. The van der Waals surface area contributed by atoms with E-state index in [0.717, 1.165) is 13.1 Å². The third-order valence-electron chi connectivity index (χ3n) is 3.95. The average molecular weight is 231 g/mol. The summed E-state index contributed by atoms with van der Waals surface area (Å²) in [4.78, 5) is 14.1. The monoisotopic (exact) mass is 231 g/mol. The summed E-state index contributed by atoms with van der Waals surface area (Å²) < 4.78 is 0. The van der Waals surface area contributed by atoms with Gasteiger partial charge in [-0.25, -0.2) is 0 Å². The van der Waals surface area contributed by atoms with Gasteiger partial charge in [0.05, 0.1) is 5.54 Å². The highest BCUT2D eigenvalue weighted by Gasteiger charge is 2.39. The maximum absolute atomic E-state index is 11.8. The molecule has 1 saturated heterocycles. The lowest BCUT2D eigenvalue weighted by Crippen LogP contribution is -2.42. The van der Waals surface area contributed by atoms with Gasteiger partial charge in [0.25, 0.3) is 0 Å². The molecule has 0 aliphatic carbocycles. The predicted molar refractivity (Wildman–Crippen MR) is 70.0 cm³/mol. The van der Waals surface area contributed by atoms with Crippen LogP contribution in [0.4, 0.5) is 0 Å². The van der Waals surface area contributed by atoms with E-state index in [-0.39, 0.29) is 5.54 Å². The van der Waals surface area contributed by atoms with Gasteiger partial charge in [-0.15, -0.1) is 0 Å². The number of rotatable bonds is 2. The van der Waals surface area contributed by atoms with E-state index in [0.29, 0.717) is 12.2 Å². The number of benzene rings is 1. The molecule has 2 heteroatoms. The topological polar surface area (TPSA) is 20.3 Å². The van der Waals surface area contributed by atoms with Crippen molar-refractivity contribution in [2.75, 3.05) is 6.54 Å². The molecule has 0 amide bonds. The van der Waals surface area contributed by atoms with Crippen LogP contribution in [0.2, 0.25) is 0 Å². The van der Waals surface area contributed by atoms with Crippen molar-refractivity contribution in [3.8, 4) is 0 Å². The van der Waals surface area contributed by atoms with Crippen LogP contribution < -0.4 is 0 Å². The SMILES string of the molecule is Cc1ccc(C)c(CN2CCC(=O)C2(C)C)c1. The quantitative estimate of drug-likeness (QED) is 0.780. The summed E-state index contributed by atoms with van der Waals surface area (Å²) in [6.45, 7) is 10.1. The number of hydrogen-bond acceptors (Lipinski definition) is 2. The second-order valence-electron chi connectivity index (χ2n) is 5.58. The molecular formula is C15H21NO. The van der Waals surface area contributed by atoms with Crippen molar-refractivity contribution >= 4 is 5.78 Å². The summed E-state index contributed by atoms with van der Waals surface area (Å²) in [5, 5.41) is 0. The Labute approximate surface area is 104 Å². The number of carbonyl (C=O) groups excluding carboxylic acids is 1. The van der Waals surface area contributed by atoms with Gasteiger partial charge in [0.2, 0.25) is 0 Å². The summed E-state index contributed by atoms with van der Waals surface area (Å²) in [6, 6.07) is 6.53. The first kappa shape index (κ1) is 12.3. The zero-order valence-electron chi connectivity index (χ0n) is 11.2. The smallest absolute Gasteiger partial charge is 0.153 e. The van der Waals surface area contributed by atoms with Crippen molar-refractivity contribution in [2.24, 2.45) is 0 Å². The van der Waals surface area contributed by atoms with Crippen molar-refractivity contribution < 1.29 is 4.79 Å². The van der Waals surface area contributed by atoms with Gasteiger partial charge in [-0.3, -0.25) is 9.69 Å². The Hall–Kier alpha value is -1.15. The Kier molecular flexibility index (Phi) is 3.09. The van der Waals surface area contributed by atoms with Gasteiger partial charge in [0.15, 0.2) is 5.78 Å². The zero-order chi connectivity index (χ0) is 12.6. The molecule has 0 radical (unpaired) electrons. The van der Waals surface area contributed by atoms with Crippen molar-refractivity contribution in [3.63, 3.8) is 0 Å². The molecule has 1 fully saturated rings. The van der Waals surface area contributed by atoms with Crippen LogP contribution in [0.1, 0.15) is 37.0 Å². The highest BCUT2D eigenvalue weighted by molar-refractivity contribution is 5.89. The van der Waals surface area contributed by atoms with Crippen LogP contribution in [0, 0.1) is 13.8 Å². The number of nitrogens with zero attached hydrogens (tertiary/aromatic N) is 1. The van der Waals surface area contributed by atoms with E-state index in [1.807, 2.05) is 13.8 Å². The number of hydrogen-bond donors (Lipinski definition) is 0. The fourth-order valence-corrected chi connectivity index (χ4v) is 2.45. The van der Waals surface area contributed by atoms with Gasteiger partial charge in [-0.1, -0.05) is 23.8 Å². The maximum atomic E-state index is 11.8. The van der Waals surface area contributed by atoms with Gasteiger partial charge in [0, 0.05) is 19.5 Å². The van der Waals surface area contributed by atoms with Crippen LogP contribution in [-0.4, -0.2) is 22.8 Å². The summed E-state index contributed by atoms with van der Waals surface area (Å²) in [7, 11) is 0. The molecule has 17 heavy (non-hydrogen) atoms. The first-order valence-electron chi connectivity index (χ1n) is 6.26. The molecule has 1 aromatic carbocycles. The minimum atomic E-state index is -0.295. The molecule has 0 spiro atoms. The highest BCUT2D eigenvalue weighted by Crippen LogP contribution is 2.27. The van der Waals surface area contributed by atoms with Crippen LogP contribution in [0.5, 0.6) is 0 Å². The largest absolute Gasteiger partial charge is 0.298 e. The van der Waals surface area contributed by atoms with Gasteiger partial charge in [-0.05, 0) is 38.8 Å². The Morgan fingerprint density at radius 3 is 2.59 bits per heavy atom. The fourth-order valence-electron chi connectivity index (χ4n) is 2.45. The van der Waals surface area contributed by atoms with Crippen molar-refractivity contribution in [1.82, 2.24) is 4.90 Å². The number of aryl methyl sites for hydroxylation is 2. The lowest BCUT2D eigenvalue weighted by atomic mass is 9.99. The minimum Gasteiger partial charge on any atom is -0.298 e. The number of Topliss-reactive ketones (excluding diaryl/α,β-unsaturated/α-hetero) is 1. The third-order valence-corrected chi connectivity index (χ3v) is 3.95. The Morgan fingerprint density at radius 2 is 2.00 bits per heavy atom. The average Bonchev–Trinajstić information content (AvgIpc) is 2.50. The molecular weight excluding hydrogens is 210 g/mol. The summed E-state index contributed by atoms with van der Waals surface area (Å²) in [5.74, 6) is 0.364. The molecule has 0 aromatic heterocycles. The molecule has 1 aliphatic rings. The van der Waals surface area contributed by atoms with Crippen LogP contribution >= 0.6 is 0 Å².